The SMILES string of the molecule is Cn1[nH]c(=O)c(=O)nc1SCc1cccc([N+](=O)[O-])c1F. The Morgan fingerprint density at radius 3 is 2.86 bits per heavy atom. The molecule has 2 rings (SSSR count). The van der Waals surface area contributed by atoms with E-state index in [4.69, 9.17) is 0 Å². The number of hydrogen-bond acceptors (Lipinski definition) is 6. The largest absolute Gasteiger partial charge is 0.339 e. The van der Waals surface area contributed by atoms with Crippen LogP contribution in [-0.2, 0) is 12.8 Å². The fraction of sp³-hybridized carbons (Fsp3) is 0.182. The minimum Gasteiger partial charge on any atom is -0.265 e. The zero-order chi connectivity index (χ0) is 15.6. The molecule has 1 aromatic carbocycles. The third-order valence-electron chi connectivity index (χ3n) is 2.56. The lowest BCUT2D eigenvalue weighted by atomic mass is 10.2. The number of aryl methyl sites for hydroxylation is 1. The number of H-pyrrole nitrogens is 1. The molecule has 1 heterocycles. The van der Waals surface area contributed by atoms with Gasteiger partial charge in [-0.2, -0.15) is 9.37 Å². The van der Waals surface area contributed by atoms with Crippen molar-refractivity contribution in [2.45, 2.75) is 10.9 Å². The number of rotatable bonds is 4. The number of nitro groups is 1. The lowest BCUT2D eigenvalue weighted by molar-refractivity contribution is -0.387. The Morgan fingerprint density at radius 2 is 2.19 bits per heavy atom. The summed E-state index contributed by atoms with van der Waals surface area (Å²) in [5, 5.41) is 13.1. The molecule has 8 nitrogen and oxygen atoms in total. The zero-order valence-electron chi connectivity index (χ0n) is 10.7. The van der Waals surface area contributed by atoms with Crippen molar-refractivity contribution in [3.63, 3.8) is 0 Å². The second-order valence-electron chi connectivity index (χ2n) is 4.00. The highest BCUT2D eigenvalue weighted by molar-refractivity contribution is 7.98. The number of hydrogen-bond donors (Lipinski definition) is 1. The standard InChI is InChI=1S/C11H9FN4O4S/c1-15-11(13-9(17)10(18)14-15)21-5-6-3-2-4-7(8(6)12)16(19)20/h2-4H,5H2,1H3,(H,14,18). The van der Waals surface area contributed by atoms with E-state index in [9.17, 15) is 24.1 Å². The van der Waals surface area contributed by atoms with Crippen LogP contribution in [0.2, 0.25) is 0 Å². The maximum Gasteiger partial charge on any atom is 0.339 e. The zero-order valence-corrected chi connectivity index (χ0v) is 11.5. The molecule has 2 aromatic rings. The van der Waals surface area contributed by atoms with Crippen molar-refractivity contribution in [2.24, 2.45) is 7.05 Å². The molecule has 1 aromatic heterocycles. The summed E-state index contributed by atoms with van der Waals surface area (Å²) in [6.07, 6.45) is 0. The minimum atomic E-state index is -0.949. The fourth-order valence-electron chi connectivity index (χ4n) is 1.55. The van der Waals surface area contributed by atoms with Crippen molar-refractivity contribution in [3.05, 3.63) is 60.4 Å². The van der Waals surface area contributed by atoms with E-state index >= 15 is 0 Å². The molecule has 0 aliphatic carbocycles. The number of aromatic nitrogens is 3. The molecule has 0 fully saturated rings. The van der Waals surface area contributed by atoms with Crippen LogP contribution in [-0.4, -0.2) is 19.7 Å². The van der Waals surface area contributed by atoms with Gasteiger partial charge in [0.2, 0.25) is 5.82 Å². The van der Waals surface area contributed by atoms with Crippen molar-refractivity contribution in [3.8, 4) is 0 Å². The Morgan fingerprint density at radius 1 is 1.48 bits per heavy atom. The number of nitrogens with one attached hydrogen (secondary N) is 1. The maximum atomic E-state index is 13.9. The van der Waals surface area contributed by atoms with E-state index in [1.54, 1.807) is 0 Å². The lowest BCUT2D eigenvalue weighted by Crippen LogP contribution is -2.33. The van der Waals surface area contributed by atoms with Crippen LogP contribution in [0.15, 0.2) is 32.9 Å². The summed E-state index contributed by atoms with van der Waals surface area (Å²) in [6.45, 7) is 0. The first kappa shape index (κ1) is 14.9. The van der Waals surface area contributed by atoms with Gasteiger partial charge in [-0.1, -0.05) is 23.9 Å². The quantitative estimate of drug-likeness (QED) is 0.387. The first-order valence-electron chi connectivity index (χ1n) is 5.62. The monoisotopic (exact) mass is 312 g/mol. The summed E-state index contributed by atoms with van der Waals surface area (Å²) < 4.78 is 15.1. The summed E-state index contributed by atoms with van der Waals surface area (Å²) in [5.41, 5.74) is -2.32. The Balaban J connectivity index is 2.27. The van der Waals surface area contributed by atoms with Gasteiger partial charge in [0, 0.05) is 24.4 Å². The molecule has 10 heteroatoms. The van der Waals surface area contributed by atoms with Crippen LogP contribution in [0.1, 0.15) is 5.56 Å². The fourth-order valence-corrected chi connectivity index (χ4v) is 2.45. The molecule has 0 saturated carbocycles. The maximum absolute atomic E-state index is 13.9. The summed E-state index contributed by atoms with van der Waals surface area (Å²) in [6, 6.07) is 3.84. The lowest BCUT2D eigenvalue weighted by Gasteiger charge is -2.06. The third-order valence-corrected chi connectivity index (χ3v) is 3.64. The summed E-state index contributed by atoms with van der Waals surface area (Å²) in [5.74, 6) is -0.899. The summed E-state index contributed by atoms with van der Waals surface area (Å²) >= 11 is 0.977. The van der Waals surface area contributed by atoms with Crippen molar-refractivity contribution in [1.29, 1.82) is 0 Å². The highest BCUT2D eigenvalue weighted by Crippen LogP contribution is 2.25. The number of nitro benzene ring substituents is 1. The van der Waals surface area contributed by atoms with Gasteiger partial charge < -0.3 is 0 Å². The molecule has 0 spiro atoms. The highest BCUT2D eigenvalue weighted by atomic mass is 32.2. The molecular weight excluding hydrogens is 303 g/mol. The summed E-state index contributed by atoms with van der Waals surface area (Å²) in [4.78, 5) is 35.6. The number of aromatic amines is 1. The van der Waals surface area contributed by atoms with Gasteiger partial charge in [-0.15, -0.1) is 0 Å². The van der Waals surface area contributed by atoms with Gasteiger partial charge in [0.25, 0.3) is 0 Å². The smallest absolute Gasteiger partial charge is 0.265 e. The van der Waals surface area contributed by atoms with Gasteiger partial charge in [-0.25, -0.2) is 0 Å². The van der Waals surface area contributed by atoms with E-state index in [-0.39, 0.29) is 16.5 Å². The molecule has 0 saturated heterocycles. The second kappa shape index (κ2) is 5.87. The molecule has 0 bridgehead atoms. The average Bonchev–Trinajstić information content (AvgIpc) is 2.42. The van der Waals surface area contributed by atoms with Crippen LogP contribution in [0, 0.1) is 15.9 Å². The summed E-state index contributed by atoms with van der Waals surface area (Å²) in [7, 11) is 1.47. The second-order valence-corrected chi connectivity index (χ2v) is 4.94. The van der Waals surface area contributed by atoms with Crippen molar-refractivity contribution in [2.75, 3.05) is 0 Å². The van der Waals surface area contributed by atoms with E-state index in [1.165, 1.54) is 23.9 Å². The topological polar surface area (TPSA) is 111 Å². The Kier molecular flexibility index (Phi) is 4.17. The van der Waals surface area contributed by atoms with Crippen LogP contribution in [0.3, 0.4) is 0 Å². The van der Waals surface area contributed by atoms with E-state index in [0.29, 0.717) is 0 Å². The molecular formula is C11H9FN4O4S. The molecule has 0 aliphatic heterocycles. The van der Waals surface area contributed by atoms with Crippen LogP contribution >= 0.6 is 11.8 Å². The number of nitrogens with zero attached hydrogens (tertiary/aromatic N) is 3. The Bertz CT molecular complexity index is 817. The molecule has 1 N–H and O–H groups in total. The van der Waals surface area contributed by atoms with E-state index < -0.39 is 27.5 Å². The Labute approximate surface area is 120 Å². The van der Waals surface area contributed by atoms with Crippen molar-refractivity contribution >= 4 is 17.4 Å². The van der Waals surface area contributed by atoms with E-state index in [2.05, 4.69) is 10.1 Å². The van der Waals surface area contributed by atoms with Gasteiger partial charge in [-0.3, -0.25) is 29.5 Å². The molecule has 0 atom stereocenters. The van der Waals surface area contributed by atoms with Gasteiger partial charge in [0.15, 0.2) is 5.16 Å². The van der Waals surface area contributed by atoms with Crippen LogP contribution in [0.5, 0.6) is 0 Å². The van der Waals surface area contributed by atoms with Gasteiger partial charge in [-0.05, 0) is 0 Å². The van der Waals surface area contributed by atoms with Gasteiger partial charge in [0.1, 0.15) is 0 Å². The molecule has 110 valence electrons. The minimum absolute atomic E-state index is 0.0276. The van der Waals surface area contributed by atoms with Crippen molar-refractivity contribution < 1.29 is 9.31 Å². The van der Waals surface area contributed by atoms with Crippen LogP contribution in [0.25, 0.3) is 0 Å². The number of benzene rings is 1. The molecule has 21 heavy (non-hydrogen) atoms. The van der Waals surface area contributed by atoms with Gasteiger partial charge in [0.05, 0.1) is 4.92 Å². The van der Waals surface area contributed by atoms with Crippen molar-refractivity contribution in [1.82, 2.24) is 14.8 Å². The number of halogens is 1. The van der Waals surface area contributed by atoms with Gasteiger partial charge >= 0.3 is 16.8 Å². The van der Waals surface area contributed by atoms with E-state index in [0.717, 1.165) is 17.8 Å². The molecule has 0 unspecified atom stereocenters. The first-order chi connectivity index (χ1) is 9.90. The third kappa shape index (κ3) is 3.16. The number of thioether (sulfide) groups is 1. The molecule has 0 radical (unpaired) electrons. The molecule has 0 aliphatic rings. The molecule has 0 amide bonds. The van der Waals surface area contributed by atoms with Crippen LogP contribution in [0.4, 0.5) is 10.1 Å². The normalized spacial score (nSPS) is 10.6. The van der Waals surface area contributed by atoms with E-state index in [1.807, 2.05) is 0 Å². The Hall–Kier alpha value is -2.49. The highest BCUT2D eigenvalue weighted by Gasteiger charge is 2.17. The predicted molar refractivity (Wildman–Crippen MR) is 72.7 cm³/mol. The first-order valence-corrected chi connectivity index (χ1v) is 6.60. The average molecular weight is 312 g/mol. The predicted octanol–water partition coefficient (Wildman–Crippen LogP) is 0.808. The van der Waals surface area contributed by atoms with Crippen LogP contribution < -0.4 is 11.1 Å².